The Morgan fingerprint density at radius 1 is 1.89 bits per heavy atom. The summed E-state index contributed by atoms with van der Waals surface area (Å²) in [6.07, 6.45) is 0.521. The normalized spacial score (nSPS) is 27.6. The van der Waals surface area contributed by atoms with Gasteiger partial charge in [0.2, 0.25) is 5.91 Å². The Kier molecular flexibility index (Phi) is 1.71. The second-order valence-corrected chi connectivity index (χ2v) is 2.53. The number of rotatable bonds is 1. The van der Waals surface area contributed by atoms with Crippen LogP contribution in [0.4, 0.5) is 0 Å². The van der Waals surface area contributed by atoms with Gasteiger partial charge in [-0.3, -0.25) is 4.79 Å². The third-order valence-electron chi connectivity index (χ3n) is 1.68. The van der Waals surface area contributed by atoms with Gasteiger partial charge < -0.3 is 10.0 Å². The van der Waals surface area contributed by atoms with Crippen molar-refractivity contribution in [3.05, 3.63) is 0 Å². The summed E-state index contributed by atoms with van der Waals surface area (Å²) in [4.78, 5) is 12.4. The first-order valence-electron chi connectivity index (χ1n) is 3.09. The molecule has 1 amide bonds. The first-order chi connectivity index (χ1) is 4.24. The Labute approximate surface area is 54.3 Å². The predicted molar refractivity (Wildman–Crippen MR) is 32.8 cm³/mol. The van der Waals surface area contributed by atoms with E-state index in [4.69, 9.17) is 5.11 Å². The minimum atomic E-state index is 0.135. The molecule has 0 aromatic rings. The molecule has 1 fully saturated rings. The van der Waals surface area contributed by atoms with Crippen molar-refractivity contribution in [3.63, 3.8) is 0 Å². The van der Waals surface area contributed by atoms with Gasteiger partial charge in [-0.1, -0.05) is 0 Å². The third-order valence-corrected chi connectivity index (χ3v) is 1.68. The number of hydrogen-bond donors (Lipinski definition) is 1. The van der Waals surface area contributed by atoms with Crippen molar-refractivity contribution in [1.29, 1.82) is 0 Å². The molecule has 1 saturated heterocycles. The lowest BCUT2D eigenvalue weighted by atomic mass is 10.1. The van der Waals surface area contributed by atoms with Crippen molar-refractivity contribution in [3.8, 4) is 0 Å². The maximum atomic E-state index is 10.8. The highest BCUT2D eigenvalue weighted by Gasteiger charge is 2.25. The summed E-state index contributed by atoms with van der Waals surface area (Å²) < 4.78 is 0. The molecular formula is C6H11NO2. The van der Waals surface area contributed by atoms with Gasteiger partial charge in [-0.15, -0.1) is 0 Å². The zero-order valence-corrected chi connectivity index (χ0v) is 5.50. The standard InChI is InChI=1S/C6H11NO2/c1-7-3-5(4-8)2-6(7)9/h5,8H,2-4H2,1H3/t5-/m1/s1. The average Bonchev–Trinajstić information content (AvgIpc) is 2.13. The Hall–Kier alpha value is -0.570. The van der Waals surface area contributed by atoms with Gasteiger partial charge >= 0.3 is 0 Å². The van der Waals surface area contributed by atoms with Gasteiger partial charge in [0.15, 0.2) is 0 Å². The summed E-state index contributed by atoms with van der Waals surface area (Å²) in [5.41, 5.74) is 0. The van der Waals surface area contributed by atoms with E-state index >= 15 is 0 Å². The van der Waals surface area contributed by atoms with Crippen LogP contribution in [0.25, 0.3) is 0 Å². The smallest absolute Gasteiger partial charge is 0.222 e. The number of aliphatic hydroxyl groups excluding tert-OH is 1. The van der Waals surface area contributed by atoms with Crippen molar-refractivity contribution >= 4 is 5.91 Å². The molecule has 0 aliphatic carbocycles. The molecule has 3 heteroatoms. The minimum absolute atomic E-state index is 0.135. The fourth-order valence-corrected chi connectivity index (χ4v) is 1.08. The molecule has 1 N–H and O–H groups in total. The van der Waals surface area contributed by atoms with Crippen LogP contribution in [-0.4, -0.2) is 36.1 Å². The maximum Gasteiger partial charge on any atom is 0.222 e. The number of amides is 1. The van der Waals surface area contributed by atoms with E-state index in [1.165, 1.54) is 0 Å². The van der Waals surface area contributed by atoms with Crippen LogP contribution >= 0.6 is 0 Å². The van der Waals surface area contributed by atoms with E-state index < -0.39 is 0 Å². The summed E-state index contributed by atoms with van der Waals surface area (Å²) in [7, 11) is 1.76. The quantitative estimate of drug-likeness (QED) is 0.516. The van der Waals surface area contributed by atoms with Gasteiger partial charge in [0.1, 0.15) is 0 Å². The van der Waals surface area contributed by atoms with Gasteiger partial charge in [0.25, 0.3) is 0 Å². The van der Waals surface area contributed by atoms with Crippen LogP contribution in [0.5, 0.6) is 0 Å². The van der Waals surface area contributed by atoms with Crippen molar-refractivity contribution in [2.75, 3.05) is 20.2 Å². The maximum absolute atomic E-state index is 10.8. The highest BCUT2D eigenvalue weighted by Crippen LogP contribution is 2.13. The summed E-state index contributed by atoms with van der Waals surface area (Å²) in [5, 5.41) is 8.62. The van der Waals surface area contributed by atoms with E-state index in [-0.39, 0.29) is 18.4 Å². The first kappa shape index (κ1) is 6.55. The Bertz CT molecular complexity index is 124. The van der Waals surface area contributed by atoms with Gasteiger partial charge in [0, 0.05) is 32.5 Å². The summed E-state index contributed by atoms with van der Waals surface area (Å²) in [6, 6.07) is 0. The molecule has 0 unspecified atom stereocenters. The molecule has 1 aliphatic heterocycles. The highest BCUT2D eigenvalue weighted by atomic mass is 16.3. The Morgan fingerprint density at radius 3 is 2.78 bits per heavy atom. The zero-order chi connectivity index (χ0) is 6.85. The molecule has 0 saturated carbocycles. The van der Waals surface area contributed by atoms with Crippen molar-refractivity contribution in [2.45, 2.75) is 6.42 Å². The predicted octanol–water partition coefficient (Wildman–Crippen LogP) is -0.543. The average molecular weight is 129 g/mol. The SMILES string of the molecule is CN1C[C@H](CO)CC1=O. The lowest BCUT2D eigenvalue weighted by Gasteiger charge is -2.06. The van der Waals surface area contributed by atoms with Crippen LogP contribution in [-0.2, 0) is 4.79 Å². The Balaban J connectivity index is 2.44. The molecule has 1 atom stereocenters. The summed E-state index contributed by atoms with van der Waals surface area (Å²) in [5.74, 6) is 0.330. The molecule has 0 radical (unpaired) electrons. The minimum Gasteiger partial charge on any atom is -0.396 e. The third kappa shape index (κ3) is 1.21. The first-order valence-corrected chi connectivity index (χ1v) is 3.09. The topological polar surface area (TPSA) is 40.5 Å². The highest BCUT2D eigenvalue weighted by molar-refractivity contribution is 5.78. The van der Waals surface area contributed by atoms with E-state index in [9.17, 15) is 4.79 Å². The van der Waals surface area contributed by atoms with E-state index in [0.717, 1.165) is 6.54 Å². The summed E-state index contributed by atoms with van der Waals surface area (Å²) >= 11 is 0. The van der Waals surface area contributed by atoms with E-state index in [0.29, 0.717) is 6.42 Å². The molecule has 1 rings (SSSR count). The molecule has 1 aliphatic rings. The molecule has 52 valence electrons. The second-order valence-electron chi connectivity index (χ2n) is 2.53. The van der Waals surface area contributed by atoms with Crippen molar-refractivity contribution in [1.82, 2.24) is 4.90 Å². The van der Waals surface area contributed by atoms with E-state index in [1.807, 2.05) is 0 Å². The number of likely N-dealkylation sites (tertiary alicyclic amines) is 1. The molecular weight excluding hydrogens is 118 g/mol. The molecule has 1 heterocycles. The number of hydrogen-bond acceptors (Lipinski definition) is 2. The van der Waals surface area contributed by atoms with Gasteiger partial charge in [0.05, 0.1) is 0 Å². The van der Waals surface area contributed by atoms with Crippen LogP contribution < -0.4 is 0 Å². The van der Waals surface area contributed by atoms with Crippen molar-refractivity contribution in [2.24, 2.45) is 5.92 Å². The Morgan fingerprint density at radius 2 is 2.56 bits per heavy atom. The largest absolute Gasteiger partial charge is 0.396 e. The number of carbonyl (C=O) groups is 1. The number of aliphatic hydroxyl groups is 1. The lowest BCUT2D eigenvalue weighted by Crippen LogP contribution is -2.19. The molecule has 3 nitrogen and oxygen atoms in total. The lowest BCUT2D eigenvalue weighted by molar-refractivity contribution is -0.126. The molecule has 0 aromatic carbocycles. The molecule has 0 aromatic heterocycles. The van der Waals surface area contributed by atoms with Crippen LogP contribution in [0.3, 0.4) is 0 Å². The van der Waals surface area contributed by atoms with E-state index in [1.54, 1.807) is 11.9 Å². The molecule has 0 bridgehead atoms. The number of nitrogens with zero attached hydrogens (tertiary/aromatic N) is 1. The molecule has 9 heavy (non-hydrogen) atoms. The van der Waals surface area contributed by atoms with Gasteiger partial charge in [-0.2, -0.15) is 0 Å². The molecule has 0 spiro atoms. The monoisotopic (exact) mass is 129 g/mol. The van der Waals surface area contributed by atoms with E-state index in [2.05, 4.69) is 0 Å². The van der Waals surface area contributed by atoms with Crippen LogP contribution in [0.15, 0.2) is 0 Å². The van der Waals surface area contributed by atoms with Crippen molar-refractivity contribution < 1.29 is 9.90 Å². The van der Waals surface area contributed by atoms with Crippen LogP contribution in [0, 0.1) is 5.92 Å². The van der Waals surface area contributed by atoms with Crippen LogP contribution in [0.2, 0.25) is 0 Å². The van der Waals surface area contributed by atoms with Crippen LogP contribution in [0.1, 0.15) is 6.42 Å². The van der Waals surface area contributed by atoms with Gasteiger partial charge in [-0.25, -0.2) is 0 Å². The fourth-order valence-electron chi connectivity index (χ4n) is 1.08. The zero-order valence-electron chi connectivity index (χ0n) is 5.50. The second kappa shape index (κ2) is 2.35. The summed E-state index contributed by atoms with van der Waals surface area (Å²) in [6.45, 7) is 0.853. The fraction of sp³-hybridized carbons (Fsp3) is 0.833. The number of carbonyl (C=O) groups excluding carboxylic acids is 1. The van der Waals surface area contributed by atoms with Gasteiger partial charge in [-0.05, 0) is 0 Å².